The Morgan fingerprint density at radius 2 is 1.87 bits per heavy atom. The summed E-state index contributed by atoms with van der Waals surface area (Å²) in [5.74, 6) is 0.0817. The van der Waals surface area contributed by atoms with Crippen LogP contribution < -0.4 is 20.1 Å². The number of carbonyl (C=O) groups excluding carboxylic acids is 2. The molecular formula is C7H9N3O4S. The lowest BCUT2D eigenvalue weighted by molar-refractivity contribution is 0.199. The summed E-state index contributed by atoms with van der Waals surface area (Å²) in [7, 11) is 2.86. The Morgan fingerprint density at radius 3 is 2.47 bits per heavy atom. The molecule has 82 valence electrons. The van der Waals surface area contributed by atoms with Gasteiger partial charge in [0.2, 0.25) is 5.88 Å². The highest BCUT2D eigenvalue weighted by atomic mass is 32.1. The Balaban J connectivity index is 2.56. The van der Waals surface area contributed by atoms with Gasteiger partial charge in [-0.15, -0.1) is 0 Å². The summed E-state index contributed by atoms with van der Waals surface area (Å²) in [4.78, 5) is 25.3. The monoisotopic (exact) mass is 231 g/mol. The van der Waals surface area contributed by atoms with Crippen LogP contribution in [0.15, 0.2) is 5.38 Å². The fraction of sp³-hybridized carbons (Fsp3) is 0.286. The molecule has 1 heterocycles. The molecule has 15 heavy (non-hydrogen) atoms. The molecule has 0 radical (unpaired) electrons. The van der Waals surface area contributed by atoms with E-state index >= 15 is 0 Å². The van der Waals surface area contributed by atoms with Gasteiger partial charge >= 0.3 is 12.2 Å². The molecule has 1 aromatic heterocycles. The molecule has 0 atom stereocenters. The third-order valence-corrected chi connectivity index (χ3v) is 1.94. The van der Waals surface area contributed by atoms with E-state index in [1.165, 1.54) is 19.5 Å². The van der Waals surface area contributed by atoms with E-state index in [1.807, 2.05) is 0 Å². The lowest BCUT2D eigenvalue weighted by Gasteiger charge is -1.98. The molecule has 1 aromatic rings. The van der Waals surface area contributed by atoms with Gasteiger partial charge in [0, 0.05) is 14.1 Å². The van der Waals surface area contributed by atoms with Gasteiger partial charge in [-0.1, -0.05) is 11.3 Å². The Hall–Kier alpha value is -1.83. The number of aromatic nitrogens is 1. The molecule has 0 spiro atoms. The lowest BCUT2D eigenvalue weighted by Crippen LogP contribution is -2.23. The average molecular weight is 231 g/mol. The third kappa shape index (κ3) is 3.43. The van der Waals surface area contributed by atoms with Crippen LogP contribution in [0.2, 0.25) is 0 Å². The normalized spacial score (nSPS) is 9.20. The zero-order valence-corrected chi connectivity index (χ0v) is 8.88. The molecule has 0 saturated heterocycles. The number of nitrogens with one attached hydrogen (secondary N) is 2. The third-order valence-electron chi connectivity index (χ3n) is 1.25. The summed E-state index contributed by atoms with van der Waals surface area (Å²) in [6.45, 7) is 0. The SMILES string of the molecule is CNC(=O)Oc1csc(OC(=O)NC)n1. The summed E-state index contributed by atoms with van der Waals surface area (Å²) in [5, 5.41) is 6.07. The van der Waals surface area contributed by atoms with Gasteiger partial charge in [0.15, 0.2) is 0 Å². The first kappa shape index (κ1) is 11.2. The summed E-state index contributed by atoms with van der Waals surface area (Å²) < 4.78 is 9.40. The predicted octanol–water partition coefficient (Wildman–Crippen LogP) is 0.580. The minimum atomic E-state index is -0.633. The highest BCUT2D eigenvalue weighted by Crippen LogP contribution is 2.23. The predicted molar refractivity (Wildman–Crippen MR) is 52.3 cm³/mol. The van der Waals surface area contributed by atoms with Crippen molar-refractivity contribution in [2.75, 3.05) is 14.1 Å². The van der Waals surface area contributed by atoms with Crippen LogP contribution >= 0.6 is 11.3 Å². The quantitative estimate of drug-likeness (QED) is 0.777. The van der Waals surface area contributed by atoms with Gasteiger partial charge in [-0.2, -0.15) is 4.98 Å². The molecule has 0 unspecified atom stereocenters. The van der Waals surface area contributed by atoms with Crippen molar-refractivity contribution in [3.63, 3.8) is 0 Å². The number of amides is 2. The first-order valence-electron chi connectivity index (χ1n) is 3.90. The molecule has 0 fully saturated rings. The van der Waals surface area contributed by atoms with Gasteiger partial charge in [-0.25, -0.2) is 9.59 Å². The fourth-order valence-electron chi connectivity index (χ4n) is 0.614. The minimum Gasteiger partial charge on any atom is -0.390 e. The van der Waals surface area contributed by atoms with Crippen LogP contribution in [-0.2, 0) is 0 Å². The second-order valence-electron chi connectivity index (χ2n) is 2.23. The zero-order chi connectivity index (χ0) is 11.3. The first-order chi connectivity index (χ1) is 7.15. The van der Waals surface area contributed by atoms with Crippen molar-refractivity contribution < 1.29 is 19.1 Å². The Morgan fingerprint density at radius 1 is 1.27 bits per heavy atom. The van der Waals surface area contributed by atoms with Crippen LogP contribution in [0.1, 0.15) is 0 Å². The highest BCUT2D eigenvalue weighted by molar-refractivity contribution is 7.11. The molecule has 0 aliphatic carbocycles. The maximum absolute atomic E-state index is 10.8. The van der Waals surface area contributed by atoms with Crippen LogP contribution in [0.5, 0.6) is 11.1 Å². The number of hydrogen-bond acceptors (Lipinski definition) is 6. The molecule has 8 heteroatoms. The van der Waals surface area contributed by atoms with Gasteiger partial charge in [-0.3, -0.25) is 0 Å². The number of hydrogen-bond donors (Lipinski definition) is 2. The minimum absolute atomic E-state index is 0.0817. The molecule has 2 amide bonds. The highest BCUT2D eigenvalue weighted by Gasteiger charge is 2.10. The standard InChI is InChI=1S/C7H9N3O4S/c1-8-5(11)13-4-3-15-7(10-4)14-6(12)9-2/h3H,1-2H3,(H,8,11)(H,9,12). The fourth-order valence-corrected chi connectivity index (χ4v) is 1.18. The van der Waals surface area contributed by atoms with E-state index in [0.717, 1.165) is 11.3 Å². The first-order valence-corrected chi connectivity index (χ1v) is 4.78. The maximum atomic E-state index is 10.8. The van der Waals surface area contributed by atoms with E-state index < -0.39 is 12.2 Å². The average Bonchev–Trinajstić information content (AvgIpc) is 2.65. The van der Waals surface area contributed by atoms with Gasteiger partial charge in [0.25, 0.3) is 5.19 Å². The number of nitrogens with zero attached hydrogens (tertiary/aromatic N) is 1. The lowest BCUT2D eigenvalue weighted by atomic mass is 10.9. The van der Waals surface area contributed by atoms with E-state index in [9.17, 15) is 9.59 Å². The van der Waals surface area contributed by atoms with Gasteiger partial charge in [0.05, 0.1) is 5.38 Å². The summed E-state index contributed by atoms with van der Waals surface area (Å²) >= 11 is 1.05. The van der Waals surface area contributed by atoms with Crippen molar-refractivity contribution >= 4 is 23.5 Å². The van der Waals surface area contributed by atoms with Crippen molar-refractivity contribution in [3.05, 3.63) is 5.38 Å². The number of rotatable bonds is 2. The zero-order valence-electron chi connectivity index (χ0n) is 8.07. The Bertz CT molecular complexity index is 332. The van der Waals surface area contributed by atoms with Gasteiger partial charge in [-0.05, 0) is 0 Å². The second-order valence-corrected chi connectivity index (χ2v) is 3.05. The van der Waals surface area contributed by atoms with Crippen LogP contribution in [0.25, 0.3) is 0 Å². The Labute approximate surface area is 89.4 Å². The van der Waals surface area contributed by atoms with Gasteiger partial charge < -0.3 is 20.1 Å². The van der Waals surface area contributed by atoms with Crippen molar-refractivity contribution in [1.29, 1.82) is 0 Å². The van der Waals surface area contributed by atoms with E-state index in [4.69, 9.17) is 9.47 Å². The number of thiazole rings is 1. The molecule has 0 bridgehead atoms. The van der Waals surface area contributed by atoms with E-state index in [1.54, 1.807) is 0 Å². The van der Waals surface area contributed by atoms with Crippen LogP contribution in [0, 0.1) is 0 Å². The number of ether oxygens (including phenoxy) is 2. The molecule has 0 aliphatic heterocycles. The summed E-state index contributed by atoms with van der Waals surface area (Å²) in [6, 6.07) is 0. The summed E-state index contributed by atoms with van der Waals surface area (Å²) in [6.07, 6.45) is -1.26. The van der Waals surface area contributed by atoms with E-state index in [0.29, 0.717) is 0 Å². The maximum Gasteiger partial charge on any atom is 0.414 e. The summed E-state index contributed by atoms with van der Waals surface area (Å²) in [5.41, 5.74) is 0. The molecule has 0 aliphatic rings. The van der Waals surface area contributed by atoms with Crippen LogP contribution in [0.3, 0.4) is 0 Å². The largest absolute Gasteiger partial charge is 0.414 e. The van der Waals surface area contributed by atoms with Crippen molar-refractivity contribution in [2.24, 2.45) is 0 Å². The molecule has 0 saturated carbocycles. The van der Waals surface area contributed by atoms with Crippen molar-refractivity contribution in [1.82, 2.24) is 15.6 Å². The van der Waals surface area contributed by atoms with Gasteiger partial charge in [0.1, 0.15) is 0 Å². The molecule has 0 aromatic carbocycles. The number of carbonyl (C=O) groups is 2. The van der Waals surface area contributed by atoms with Crippen molar-refractivity contribution in [3.8, 4) is 11.1 Å². The smallest absolute Gasteiger partial charge is 0.390 e. The van der Waals surface area contributed by atoms with Crippen molar-refractivity contribution in [2.45, 2.75) is 0 Å². The van der Waals surface area contributed by atoms with E-state index in [-0.39, 0.29) is 11.1 Å². The topological polar surface area (TPSA) is 89.5 Å². The molecule has 1 rings (SSSR count). The Kier molecular flexibility index (Phi) is 3.86. The second kappa shape index (κ2) is 5.15. The van der Waals surface area contributed by atoms with Crippen LogP contribution in [0.4, 0.5) is 9.59 Å². The molecule has 2 N–H and O–H groups in total. The molecule has 7 nitrogen and oxygen atoms in total. The molecular weight excluding hydrogens is 222 g/mol. The van der Waals surface area contributed by atoms with E-state index in [2.05, 4.69) is 15.6 Å². The van der Waals surface area contributed by atoms with Crippen LogP contribution in [-0.4, -0.2) is 31.3 Å².